The zero-order chi connectivity index (χ0) is 27.5. The Bertz CT molecular complexity index is 966. The SMILES string of the molecule is COc1ccc(S(=O)(=O)N(CCC(=O)N2CCNCC2)CCC(C)C)cc1OC.O=C(O)C(F)(F)F. The summed E-state index contributed by atoms with van der Waals surface area (Å²) in [5, 5.41) is 10.3. The molecule has 1 fully saturated rings. The Morgan fingerprint density at radius 1 is 1.11 bits per heavy atom. The summed E-state index contributed by atoms with van der Waals surface area (Å²) in [6.07, 6.45) is -4.20. The Balaban J connectivity index is 0.000000809. The first-order chi connectivity index (χ1) is 16.7. The van der Waals surface area contributed by atoms with Gasteiger partial charge in [-0.3, -0.25) is 4.79 Å². The molecular formula is C22H34F3N3O7S. The highest BCUT2D eigenvalue weighted by atomic mass is 32.2. The van der Waals surface area contributed by atoms with Crippen molar-refractivity contribution in [2.24, 2.45) is 5.92 Å². The standard InChI is InChI=1S/C20H33N3O5S.C2HF3O2/c1-16(2)7-11-23(12-8-20(24)22-13-9-21-10-14-22)29(25,26)17-5-6-18(27-3)19(15-17)28-4;3-2(4,5)1(6)7/h5-6,15-16,21H,7-14H2,1-4H3;(H,6,7). The molecule has 1 aromatic carbocycles. The van der Waals surface area contributed by atoms with E-state index in [1.54, 1.807) is 11.0 Å². The molecule has 0 bridgehead atoms. The normalized spacial score (nSPS) is 14.3. The highest BCUT2D eigenvalue weighted by Crippen LogP contribution is 2.31. The van der Waals surface area contributed by atoms with E-state index in [0.29, 0.717) is 43.5 Å². The van der Waals surface area contributed by atoms with Gasteiger partial charge in [-0.05, 0) is 24.5 Å². The Kier molecular flexibility index (Phi) is 12.4. The van der Waals surface area contributed by atoms with Crippen molar-refractivity contribution < 1.29 is 45.8 Å². The number of halogens is 3. The number of ether oxygens (including phenoxy) is 2. The van der Waals surface area contributed by atoms with E-state index >= 15 is 0 Å². The van der Waals surface area contributed by atoms with Crippen LogP contribution in [-0.4, -0.2) is 94.3 Å². The van der Waals surface area contributed by atoms with Gasteiger partial charge in [0, 0.05) is 51.8 Å². The molecule has 0 atom stereocenters. The molecule has 0 saturated carbocycles. The van der Waals surface area contributed by atoms with Crippen molar-refractivity contribution in [1.29, 1.82) is 0 Å². The van der Waals surface area contributed by atoms with Gasteiger partial charge in [0.15, 0.2) is 11.5 Å². The van der Waals surface area contributed by atoms with Crippen LogP contribution >= 0.6 is 0 Å². The fraction of sp³-hybridized carbons (Fsp3) is 0.636. The third-order valence-electron chi connectivity index (χ3n) is 5.24. The smallest absolute Gasteiger partial charge is 0.490 e. The Morgan fingerprint density at radius 2 is 1.67 bits per heavy atom. The van der Waals surface area contributed by atoms with E-state index in [-0.39, 0.29) is 23.8 Å². The summed E-state index contributed by atoms with van der Waals surface area (Å²) in [5.74, 6) is -1.60. The first-order valence-electron chi connectivity index (χ1n) is 11.2. The number of methoxy groups -OCH3 is 2. The van der Waals surface area contributed by atoms with Crippen molar-refractivity contribution in [2.75, 3.05) is 53.5 Å². The van der Waals surface area contributed by atoms with E-state index in [4.69, 9.17) is 19.4 Å². The molecule has 1 aliphatic rings. The lowest BCUT2D eigenvalue weighted by Crippen LogP contribution is -2.47. The molecule has 1 aliphatic heterocycles. The summed E-state index contributed by atoms with van der Waals surface area (Å²) in [7, 11) is -0.794. The zero-order valence-corrected chi connectivity index (χ0v) is 21.6. The average molecular weight is 542 g/mol. The molecule has 0 radical (unpaired) electrons. The lowest BCUT2D eigenvalue weighted by Gasteiger charge is -2.29. The van der Waals surface area contributed by atoms with Gasteiger partial charge in [0.25, 0.3) is 0 Å². The second-order valence-corrected chi connectivity index (χ2v) is 10.2. The van der Waals surface area contributed by atoms with Crippen LogP contribution in [0.15, 0.2) is 23.1 Å². The number of hydrogen-bond donors (Lipinski definition) is 2. The highest BCUT2D eigenvalue weighted by molar-refractivity contribution is 7.89. The summed E-state index contributed by atoms with van der Waals surface area (Å²) >= 11 is 0. The molecule has 2 rings (SSSR count). The van der Waals surface area contributed by atoms with Gasteiger partial charge in [-0.25, -0.2) is 13.2 Å². The second kappa shape index (κ2) is 14.2. The molecule has 0 unspecified atom stereocenters. The Morgan fingerprint density at radius 3 is 2.14 bits per heavy atom. The molecule has 0 spiro atoms. The van der Waals surface area contributed by atoms with Crippen LogP contribution in [-0.2, 0) is 19.6 Å². The number of carboxylic acid groups (broad SMARTS) is 1. The third-order valence-corrected chi connectivity index (χ3v) is 7.13. The largest absolute Gasteiger partial charge is 0.493 e. The molecule has 36 heavy (non-hydrogen) atoms. The average Bonchev–Trinajstić information content (AvgIpc) is 2.83. The van der Waals surface area contributed by atoms with E-state index in [1.807, 2.05) is 13.8 Å². The predicted octanol–water partition coefficient (Wildman–Crippen LogP) is 2.20. The fourth-order valence-corrected chi connectivity index (χ4v) is 4.64. The number of sulfonamides is 1. The molecular weight excluding hydrogens is 507 g/mol. The third kappa shape index (κ3) is 9.82. The van der Waals surface area contributed by atoms with E-state index in [0.717, 1.165) is 13.1 Å². The quantitative estimate of drug-likeness (QED) is 0.462. The van der Waals surface area contributed by atoms with Crippen molar-refractivity contribution in [3.63, 3.8) is 0 Å². The van der Waals surface area contributed by atoms with Crippen molar-refractivity contribution in [2.45, 2.75) is 37.8 Å². The number of nitrogens with one attached hydrogen (secondary N) is 1. The second-order valence-electron chi connectivity index (χ2n) is 8.29. The molecule has 206 valence electrons. The number of nitrogens with zero attached hydrogens (tertiary/aromatic N) is 2. The number of piperazine rings is 1. The van der Waals surface area contributed by atoms with E-state index in [9.17, 15) is 26.4 Å². The van der Waals surface area contributed by atoms with Crippen molar-refractivity contribution >= 4 is 21.9 Å². The number of carboxylic acids is 1. The summed E-state index contributed by atoms with van der Waals surface area (Å²) in [5.41, 5.74) is 0. The summed E-state index contributed by atoms with van der Waals surface area (Å²) in [4.78, 5) is 23.3. The van der Waals surface area contributed by atoms with E-state index < -0.39 is 22.2 Å². The Hall–Kier alpha value is -2.58. The maximum atomic E-state index is 13.3. The first kappa shape index (κ1) is 31.4. The van der Waals surface area contributed by atoms with Crippen LogP contribution < -0.4 is 14.8 Å². The summed E-state index contributed by atoms with van der Waals surface area (Å²) < 4.78 is 70.2. The zero-order valence-electron chi connectivity index (χ0n) is 20.8. The number of alkyl halides is 3. The van der Waals surface area contributed by atoms with Crippen LogP contribution in [0.1, 0.15) is 26.7 Å². The molecule has 14 heteroatoms. The van der Waals surface area contributed by atoms with Crippen molar-refractivity contribution in [3.8, 4) is 11.5 Å². The number of hydrogen-bond acceptors (Lipinski definition) is 7. The van der Waals surface area contributed by atoms with Gasteiger partial charge in [0.05, 0.1) is 19.1 Å². The molecule has 10 nitrogen and oxygen atoms in total. The summed E-state index contributed by atoms with van der Waals surface area (Å²) in [6, 6.07) is 4.56. The number of benzene rings is 1. The monoisotopic (exact) mass is 541 g/mol. The van der Waals surface area contributed by atoms with Crippen LogP contribution in [0.4, 0.5) is 13.2 Å². The van der Waals surface area contributed by atoms with Gasteiger partial charge in [0.2, 0.25) is 15.9 Å². The van der Waals surface area contributed by atoms with Gasteiger partial charge in [0.1, 0.15) is 0 Å². The van der Waals surface area contributed by atoms with Gasteiger partial charge < -0.3 is 24.8 Å². The minimum Gasteiger partial charge on any atom is -0.493 e. The fourth-order valence-electron chi connectivity index (χ4n) is 3.17. The van der Waals surface area contributed by atoms with Crippen molar-refractivity contribution in [3.05, 3.63) is 18.2 Å². The predicted molar refractivity (Wildman–Crippen MR) is 126 cm³/mol. The highest BCUT2D eigenvalue weighted by Gasteiger charge is 2.38. The number of amides is 1. The number of carbonyl (C=O) groups is 2. The van der Waals surface area contributed by atoms with Crippen LogP contribution in [0.25, 0.3) is 0 Å². The maximum Gasteiger partial charge on any atom is 0.490 e. The van der Waals surface area contributed by atoms with E-state index in [2.05, 4.69) is 5.32 Å². The van der Waals surface area contributed by atoms with Crippen LogP contribution in [0.2, 0.25) is 0 Å². The van der Waals surface area contributed by atoms with Gasteiger partial charge in [-0.15, -0.1) is 0 Å². The lowest BCUT2D eigenvalue weighted by atomic mass is 10.1. The molecule has 2 N–H and O–H groups in total. The number of carbonyl (C=O) groups excluding carboxylic acids is 1. The van der Waals surface area contributed by atoms with Crippen LogP contribution in [0.3, 0.4) is 0 Å². The molecule has 1 amide bonds. The molecule has 1 heterocycles. The van der Waals surface area contributed by atoms with Gasteiger partial charge in [-0.2, -0.15) is 17.5 Å². The molecule has 1 saturated heterocycles. The van der Waals surface area contributed by atoms with E-state index in [1.165, 1.54) is 30.7 Å². The summed E-state index contributed by atoms with van der Waals surface area (Å²) in [6.45, 7) is 7.48. The maximum absolute atomic E-state index is 13.3. The van der Waals surface area contributed by atoms with Gasteiger partial charge in [-0.1, -0.05) is 13.8 Å². The molecule has 0 aliphatic carbocycles. The first-order valence-corrected chi connectivity index (χ1v) is 12.7. The van der Waals surface area contributed by atoms with Gasteiger partial charge >= 0.3 is 12.1 Å². The minimum atomic E-state index is -5.08. The topological polar surface area (TPSA) is 125 Å². The molecule has 1 aromatic rings. The number of rotatable bonds is 10. The Labute approximate surface area is 209 Å². The van der Waals surface area contributed by atoms with Crippen LogP contribution in [0, 0.1) is 5.92 Å². The molecule has 0 aromatic heterocycles. The van der Waals surface area contributed by atoms with Crippen molar-refractivity contribution in [1.82, 2.24) is 14.5 Å². The lowest BCUT2D eigenvalue weighted by molar-refractivity contribution is -0.192. The van der Waals surface area contributed by atoms with Crippen LogP contribution in [0.5, 0.6) is 11.5 Å². The number of aliphatic carboxylic acids is 1. The minimum absolute atomic E-state index is 0.0106.